The first-order valence-electron chi connectivity index (χ1n) is 7.30. The van der Waals surface area contributed by atoms with Crippen molar-refractivity contribution in [2.75, 3.05) is 6.54 Å². The van der Waals surface area contributed by atoms with E-state index >= 15 is 0 Å². The van der Waals surface area contributed by atoms with Crippen LogP contribution in [0.3, 0.4) is 0 Å². The molecule has 0 radical (unpaired) electrons. The molecule has 0 bridgehead atoms. The Morgan fingerprint density at radius 3 is 2.86 bits per heavy atom. The van der Waals surface area contributed by atoms with Crippen molar-refractivity contribution >= 4 is 5.91 Å². The van der Waals surface area contributed by atoms with E-state index in [2.05, 4.69) is 15.3 Å². The lowest BCUT2D eigenvalue weighted by Crippen LogP contribution is -2.31. The predicted molar refractivity (Wildman–Crippen MR) is 70.5 cm³/mol. The second kappa shape index (κ2) is 4.68. The van der Waals surface area contributed by atoms with Crippen LogP contribution in [-0.4, -0.2) is 32.6 Å². The van der Waals surface area contributed by atoms with Crippen molar-refractivity contribution in [1.29, 1.82) is 0 Å². The van der Waals surface area contributed by atoms with Crippen LogP contribution in [-0.2, 0) is 0 Å². The van der Waals surface area contributed by atoms with Crippen LogP contribution in [0.4, 0.5) is 0 Å². The minimum absolute atomic E-state index is 0.115. The zero-order valence-corrected chi connectivity index (χ0v) is 11.8. The van der Waals surface area contributed by atoms with Gasteiger partial charge in [0, 0.05) is 25.5 Å². The van der Waals surface area contributed by atoms with Crippen LogP contribution in [0.15, 0.2) is 15.1 Å². The van der Waals surface area contributed by atoms with Gasteiger partial charge in [-0.3, -0.25) is 4.79 Å². The number of hydrogen-bond acceptors (Lipinski definition) is 6. The number of aromatic nitrogens is 3. The van der Waals surface area contributed by atoms with Crippen LogP contribution in [0.5, 0.6) is 0 Å². The standard InChI is InChI=1S/C14H16N4O3/c1-8-15-13(17-20-8)11-3-2-6-18(11)14(19)10-7-12(21-16-10)9-4-5-9/h7,9,11H,2-6H2,1H3/t11-/m0/s1. The molecule has 2 aromatic rings. The Labute approximate surface area is 121 Å². The zero-order valence-electron chi connectivity index (χ0n) is 11.8. The van der Waals surface area contributed by atoms with Crippen LogP contribution < -0.4 is 0 Å². The highest BCUT2D eigenvalue weighted by Crippen LogP contribution is 2.40. The van der Waals surface area contributed by atoms with Gasteiger partial charge in [0.25, 0.3) is 5.91 Å². The average molecular weight is 288 g/mol. The molecule has 1 saturated carbocycles. The maximum atomic E-state index is 12.6. The molecule has 0 aromatic carbocycles. The van der Waals surface area contributed by atoms with Gasteiger partial charge >= 0.3 is 0 Å². The van der Waals surface area contributed by atoms with Crippen LogP contribution in [0.25, 0.3) is 0 Å². The molecule has 1 atom stereocenters. The summed E-state index contributed by atoms with van der Waals surface area (Å²) >= 11 is 0. The van der Waals surface area contributed by atoms with Crippen molar-refractivity contribution in [3.8, 4) is 0 Å². The number of likely N-dealkylation sites (tertiary alicyclic amines) is 1. The first-order valence-corrected chi connectivity index (χ1v) is 7.30. The third-order valence-corrected chi connectivity index (χ3v) is 4.08. The monoisotopic (exact) mass is 288 g/mol. The quantitative estimate of drug-likeness (QED) is 0.860. The number of amides is 1. The van der Waals surface area contributed by atoms with Gasteiger partial charge in [-0.25, -0.2) is 0 Å². The molecule has 7 nitrogen and oxygen atoms in total. The maximum absolute atomic E-state index is 12.6. The minimum atomic E-state index is -0.129. The fraction of sp³-hybridized carbons (Fsp3) is 0.571. The summed E-state index contributed by atoms with van der Waals surface area (Å²) in [6.07, 6.45) is 4.02. The van der Waals surface area contributed by atoms with Gasteiger partial charge in [0.15, 0.2) is 11.5 Å². The second-order valence-electron chi connectivity index (χ2n) is 5.72. The Morgan fingerprint density at radius 2 is 2.14 bits per heavy atom. The van der Waals surface area contributed by atoms with Crippen LogP contribution in [0.1, 0.15) is 65.6 Å². The smallest absolute Gasteiger partial charge is 0.276 e. The molecular formula is C14H16N4O3. The molecule has 0 N–H and O–H groups in total. The molecule has 2 aromatic heterocycles. The van der Waals surface area contributed by atoms with Crippen molar-refractivity contribution in [3.05, 3.63) is 29.2 Å². The van der Waals surface area contributed by atoms with Crippen molar-refractivity contribution in [1.82, 2.24) is 20.2 Å². The minimum Gasteiger partial charge on any atom is -0.360 e. The van der Waals surface area contributed by atoms with Crippen LogP contribution in [0.2, 0.25) is 0 Å². The lowest BCUT2D eigenvalue weighted by Gasteiger charge is -2.20. The molecule has 1 amide bonds. The van der Waals surface area contributed by atoms with Crippen molar-refractivity contribution in [2.24, 2.45) is 0 Å². The Bertz CT molecular complexity index is 673. The van der Waals surface area contributed by atoms with Crippen molar-refractivity contribution in [3.63, 3.8) is 0 Å². The molecule has 7 heteroatoms. The van der Waals surface area contributed by atoms with E-state index in [4.69, 9.17) is 9.05 Å². The van der Waals surface area contributed by atoms with E-state index in [9.17, 15) is 4.79 Å². The molecule has 21 heavy (non-hydrogen) atoms. The molecule has 1 saturated heterocycles. The number of carbonyl (C=O) groups excluding carboxylic acids is 1. The van der Waals surface area contributed by atoms with Gasteiger partial charge in [0.2, 0.25) is 5.89 Å². The first kappa shape index (κ1) is 12.6. The Kier molecular flexibility index (Phi) is 2.80. The van der Waals surface area contributed by atoms with E-state index in [0.717, 1.165) is 31.4 Å². The molecule has 1 aliphatic carbocycles. The molecule has 2 aliphatic rings. The van der Waals surface area contributed by atoms with E-state index in [1.54, 1.807) is 17.9 Å². The number of aryl methyl sites for hydroxylation is 1. The largest absolute Gasteiger partial charge is 0.360 e. The Morgan fingerprint density at radius 1 is 1.29 bits per heavy atom. The van der Waals surface area contributed by atoms with E-state index < -0.39 is 0 Å². The summed E-state index contributed by atoms with van der Waals surface area (Å²) in [5.41, 5.74) is 0.379. The summed E-state index contributed by atoms with van der Waals surface area (Å²) < 4.78 is 10.3. The highest BCUT2D eigenvalue weighted by molar-refractivity contribution is 5.92. The summed E-state index contributed by atoms with van der Waals surface area (Å²) in [4.78, 5) is 18.6. The van der Waals surface area contributed by atoms with E-state index in [-0.39, 0.29) is 11.9 Å². The van der Waals surface area contributed by atoms with Gasteiger partial charge in [-0.2, -0.15) is 4.98 Å². The lowest BCUT2D eigenvalue weighted by molar-refractivity contribution is 0.0717. The van der Waals surface area contributed by atoms with Gasteiger partial charge in [0.1, 0.15) is 5.76 Å². The third-order valence-electron chi connectivity index (χ3n) is 4.08. The third kappa shape index (κ3) is 2.22. The summed E-state index contributed by atoms with van der Waals surface area (Å²) in [6.45, 7) is 2.43. The molecule has 4 rings (SSSR count). The van der Waals surface area contributed by atoms with E-state index in [1.807, 2.05) is 0 Å². The maximum Gasteiger partial charge on any atom is 0.276 e. The van der Waals surface area contributed by atoms with Gasteiger partial charge in [0.05, 0.1) is 6.04 Å². The van der Waals surface area contributed by atoms with E-state index in [0.29, 0.717) is 29.9 Å². The van der Waals surface area contributed by atoms with Crippen molar-refractivity contribution in [2.45, 2.75) is 44.6 Å². The van der Waals surface area contributed by atoms with E-state index in [1.165, 1.54) is 0 Å². The summed E-state index contributed by atoms with van der Waals surface area (Å²) in [6, 6.07) is 1.65. The highest BCUT2D eigenvalue weighted by Gasteiger charge is 2.36. The predicted octanol–water partition coefficient (Wildman–Crippen LogP) is 2.22. The molecule has 0 unspecified atom stereocenters. The lowest BCUT2D eigenvalue weighted by atomic mass is 10.2. The summed E-state index contributed by atoms with van der Waals surface area (Å²) in [7, 11) is 0. The molecule has 110 valence electrons. The zero-order chi connectivity index (χ0) is 14.4. The van der Waals surface area contributed by atoms with Crippen molar-refractivity contribution < 1.29 is 13.8 Å². The number of nitrogens with zero attached hydrogens (tertiary/aromatic N) is 4. The Balaban J connectivity index is 1.56. The molecule has 3 heterocycles. The Hall–Kier alpha value is -2.18. The molecular weight excluding hydrogens is 272 g/mol. The number of carbonyl (C=O) groups is 1. The van der Waals surface area contributed by atoms with Gasteiger partial charge < -0.3 is 13.9 Å². The van der Waals surface area contributed by atoms with Gasteiger partial charge in [-0.15, -0.1) is 0 Å². The van der Waals surface area contributed by atoms with Crippen LogP contribution >= 0.6 is 0 Å². The highest BCUT2D eigenvalue weighted by atomic mass is 16.5. The van der Waals surface area contributed by atoms with Gasteiger partial charge in [-0.1, -0.05) is 10.3 Å². The summed E-state index contributed by atoms with van der Waals surface area (Å²) in [5.74, 6) is 2.25. The van der Waals surface area contributed by atoms with Gasteiger partial charge in [-0.05, 0) is 25.7 Å². The molecule has 2 fully saturated rings. The topological polar surface area (TPSA) is 85.3 Å². The second-order valence-corrected chi connectivity index (χ2v) is 5.72. The SMILES string of the molecule is Cc1nc([C@@H]2CCCN2C(=O)c2cc(C3CC3)on2)no1. The molecule has 0 spiro atoms. The fourth-order valence-electron chi connectivity index (χ4n) is 2.83. The number of hydrogen-bond donors (Lipinski definition) is 0. The summed E-state index contributed by atoms with van der Waals surface area (Å²) in [5, 5.41) is 7.87. The van der Waals surface area contributed by atoms with Crippen LogP contribution in [0, 0.1) is 6.92 Å². The average Bonchev–Trinajstić information content (AvgIpc) is 2.94. The molecule has 1 aliphatic heterocycles. The first-order chi connectivity index (χ1) is 10.2. The number of rotatable bonds is 3. The fourth-order valence-corrected chi connectivity index (χ4v) is 2.83. The normalized spacial score (nSPS) is 22.0.